The fourth-order valence-electron chi connectivity index (χ4n) is 4.55. The molecule has 6 nitrogen and oxygen atoms in total. The van der Waals surface area contributed by atoms with Crippen LogP contribution >= 0.6 is 11.3 Å². The van der Waals surface area contributed by atoms with Crippen molar-refractivity contribution >= 4 is 17.3 Å². The Bertz CT molecular complexity index is 1080. The van der Waals surface area contributed by atoms with Crippen molar-refractivity contribution in [2.75, 3.05) is 13.2 Å². The van der Waals surface area contributed by atoms with Crippen LogP contribution in [0.2, 0.25) is 0 Å². The molecule has 1 fully saturated rings. The lowest BCUT2D eigenvalue weighted by Gasteiger charge is -2.43. The molecule has 4 rings (SSSR count). The summed E-state index contributed by atoms with van der Waals surface area (Å²) in [4.78, 5) is 17.3. The third kappa shape index (κ3) is 6.76. The smallest absolute Gasteiger partial charge is 0.345 e. The zero-order chi connectivity index (χ0) is 24.5. The molecule has 2 N–H and O–H groups in total. The first-order valence-corrected chi connectivity index (χ1v) is 13.2. The summed E-state index contributed by atoms with van der Waals surface area (Å²) in [5.41, 5.74) is 2.55. The van der Waals surface area contributed by atoms with Gasteiger partial charge in [0.05, 0.1) is 35.0 Å². The lowest BCUT2D eigenvalue weighted by molar-refractivity contribution is -0.220. The van der Waals surface area contributed by atoms with Crippen molar-refractivity contribution in [1.29, 1.82) is 0 Å². The summed E-state index contributed by atoms with van der Waals surface area (Å²) in [5, 5.41) is 13.1. The van der Waals surface area contributed by atoms with Gasteiger partial charge in [-0.3, -0.25) is 4.98 Å². The molecular formula is C28H34N2O4S. The minimum absolute atomic E-state index is 0.315. The highest BCUT2D eigenvalue weighted by molar-refractivity contribution is 7.17. The molecule has 0 aliphatic carbocycles. The first kappa shape index (κ1) is 25.5. The second kappa shape index (κ2) is 12.4. The first-order chi connectivity index (χ1) is 17.1. The number of nitrogens with zero attached hydrogens (tertiary/aromatic N) is 1. The zero-order valence-electron chi connectivity index (χ0n) is 20.2. The Hall–Kier alpha value is -2.58. The van der Waals surface area contributed by atoms with Crippen molar-refractivity contribution < 1.29 is 19.4 Å². The number of unbranched alkanes of at least 4 members (excludes halogenated alkanes) is 2. The molecule has 1 aliphatic rings. The average Bonchev–Trinajstić information content (AvgIpc) is 3.40. The van der Waals surface area contributed by atoms with Gasteiger partial charge in [-0.15, -0.1) is 11.3 Å². The normalized spacial score (nSPS) is 16.1. The number of aromatic nitrogens is 1. The highest BCUT2D eigenvalue weighted by Crippen LogP contribution is 2.31. The monoisotopic (exact) mass is 494 g/mol. The van der Waals surface area contributed by atoms with Gasteiger partial charge >= 0.3 is 5.97 Å². The van der Waals surface area contributed by atoms with Gasteiger partial charge in [-0.1, -0.05) is 62.6 Å². The van der Waals surface area contributed by atoms with Gasteiger partial charge in [-0.25, -0.2) is 4.79 Å². The molecule has 1 unspecified atom stereocenters. The number of hydrogen-bond donors (Lipinski definition) is 2. The molecule has 1 aromatic carbocycles. The fraction of sp³-hybridized carbons (Fsp3) is 0.429. The van der Waals surface area contributed by atoms with E-state index in [1.54, 1.807) is 6.07 Å². The van der Waals surface area contributed by atoms with E-state index in [-0.39, 0.29) is 11.8 Å². The van der Waals surface area contributed by atoms with Crippen LogP contribution in [-0.4, -0.2) is 41.1 Å². The van der Waals surface area contributed by atoms with E-state index in [0.29, 0.717) is 24.6 Å². The van der Waals surface area contributed by atoms with Crippen LogP contribution in [0, 0.1) is 0 Å². The Balaban J connectivity index is 1.58. The van der Waals surface area contributed by atoms with Crippen LogP contribution in [0.15, 0.2) is 60.7 Å². The Kier molecular flexibility index (Phi) is 9.04. The maximum Gasteiger partial charge on any atom is 0.345 e. The van der Waals surface area contributed by atoms with Crippen molar-refractivity contribution in [3.8, 4) is 10.6 Å². The summed E-state index contributed by atoms with van der Waals surface area (Å²) in [7, 11) is 0. The van der Waals surface area contributed by atoms with E-state index in [1.807, 2.05) is 30.3 Å². The Morgan fingerprint density at radius 1 is 1.09 bits per heavy atom. The molecule has 0 amide bonds. The molecule has 35 heavy (non-hydrogen) atoms. The molecule has 0 spiro atoms. The third-order valence-electron chi connectivity index (χ3n) is 6.36. The molecule has 2 aromatic heterocycles. The fourth-order valence-corrected chi connectivity index (χ4v) is 5.37. The number of ether oxygens (including phenoxy) is 2. The number of carboxylic acids is 1. The lowest BCUT2D eigenvalue weighted by atomic mass is 9.84. The Labute approximate surface area is 211 Å². The van der Waals surface area contributed by atoms with Crippen molar-refractivity contribution in [3.05, 3.63) is 76.8 Å². The summed E-state index contributed by atoms with van der Waals surface area (Å²) >= 11 is 1.24. The maximum absolute atomic E-state index is 11.3. The van der Waals surface area contributed by atoms with Crippen LogP contribution in [0.4, 0.5) is 0 Å². The summed E-state index contributed by atoms with van der Waals surface area (Å²) in [5.74, 6) is -0.913. The second-order valence-corrected chi connectivity index (χ2v) is 10.1. The average molecular weight is 495 g/mol. The van der Waals surface area contributed by atoms with Crippen LogP contribution in [-0.2, 0) is 22.4 Å². The molecule has 1 atom stereocenters. The summed E-state index contributed by atoms with van der Waals surface area (Å²) in [6.07, 6.45) is 5.71. The molecule has 7 heteroatoms. The maximum atomic E-state index is 11.3. The number of benzene rings is 1. The molecule has 186 valence electrons. The molecule has 0 bridgehead atoms. The SMILES string of the molecule is CCCCCC(Cc1ccccc1)(NCc1cccc(-c2ccc(C(=O)O)s2)n1)C1OCCCO1. The number of pyridine rings is 1. The molecule has 3 aromatic rings. The van der Waals surface area contributed by atoms with Gasteiger partial charge < -0.3 is 19.9 Å². The van der Waals surface area contributed by atoms with Crippen LogP contribution in [0.1, 0.15) is 60.0 Å². The van der Waals surface area contributed by atoms with Crippen LogP contribution in [0.3, 0.4) is 0 Å². The zero-order valence-corrected chi connectivity index (χ0v) is 21.1. The molecule has 0 radical (unpaired) electrons. The van der Waals surface area contributed by atoms with Gasteiger partial charge in [0.1, 0.15) is 4.88 Å². The molecule has 1 aliphatic heterocycles. The predicted octanol–water partition coefficient (Wildman–Crippen LogP) is 5.92. The van der Waals surface area contributed by atoms with Crippen LogP contribution < -0.4 is 5.32 Å². The minimum atomic E-state index is -0.913. The van der Waals surface area contributed by atoms with Gasteiger partial charge in [-0.2, -0.15) is 0 Å². The van der Waals surface area contributed by atoms with Gasteiger partial charge in [-0.05, 0) is 49.1 Å². The highest BCUT2D eigenvalue weighted by atomic mass is 32.1. The molecule has 1 saturated heterocycles. The van der Waals surface area contributed by atoms with Crippen LogP contribution in [0.25, 0.3) is 10.6 Å². The molecule has 0 saturated carbocycles. The summed E-state index contributed by atoms with van der Waals surface area (Å²) in [6.45, 7) is 4.19. The van der Waals surface area contributed by atoms with Gasteiger partial charge in [0.2, 0.25) is 0 Å². The summed E-state index contributed by atoms with van der Waals surface area (Å²) in [6, 6.07) is 19.9. The van der Waals surface area contributed by atoms with E-state index < -0.39 is 5.97 Å². The van der Waals surface area contributed by atoms with Crippen molar-refractivity contribution in [2.24, 2.45) is 0 Å². The van der Waals surface area contributed by atoms with E-state index >= 15 is 0 Å². The Morgan fingerprint density at radius 3 is 2.60 bits per heavy atom. The summed E-state index contributed by atoms with van der Waals surface area (Å²) < 4.78 is 12.4. The number of nitrogens with one attached hydrogen (secondary N) is 1. The molecular weight excluding hydrogens is 460 g/mol. The number of aromatic carboxylic acids is 1. The largest absolute Gasteiger partial charge is 0.477 e. The lowest BCUT2D eigenvalue weighted by Crippen LogP contribution is -2.59. The van der Waals surface area contributed by atoms with E-state index in [0.717, 1.165) is 54.8 Å². The topological polar surface area (TPSA) is 80.7 Å². The van der Waals surface area contributed by atoms with E-state index in [9.17, 15) is 9.90 Å². The second-order valence-electron chi connectivity index (χ2n) is 9.04. The van der Waals surface area contributed by atoms with Gasteiger partial charge in [0.25, 0.3) is 0 Å². The number of thiophene rings is 1. The highest BCUT2D eigenvalue weighted by Gasteiger charge is 2.41. The Morgan fingerprint density at radius 2 is 1.89 bits per heavy atom. The van der Waals surface area contributed by atoms with E-state index in [4.69, 9.17) is 14.5 Å². The van der Waals surface area contributed by atoms with Crippen molar-refractivity contribution in [1.82, 2.24) is 10.3 Å². The number of carbonyl (C=O) groups is 1. The number of hydrogen-bond acceptors (Lipinski definition) is 6. The number of rotatable bonds is 12. The minimum Gasteiger partial charge on any atom is -0.477 e. The quantitative estimate of drug-likeness (QED) is 0.304. The standard InChI is InChI=1S/C28H34N2O4S/c1-2-3-7-16-28(27-33-17-9-18-34-27,19-21-10-5-4-6-11-21)29-20-22-12-8-13-23(30-22)24-14-15-25(35-24)26(31)32/h4-6,8,10-15,27,29H,2-3,7,9,16-20H2,1H3,(H,31,32). The molecule has 3 heterocycles. The van der Waals surface area contributed by atoms with Crippen molar-refractivity contribution in [3.63, 3.8) is 0 Å². The van der Waals surface area contributed by atoms with Crippen LogP contribution in [0.5, 0.6) is 0 Å². The van der Waals surface area contributed by atoms with E-state index in [2.05, 4.69) is 36.5 Å². The van der Waals surface area contributed by atoms with Gasteiger partial charge in [0, 0.05) is 6.54 Å². The third-order valence-corrected chi connectivity index (χ3v) is 7.46. The predicted molar refractivity (Wildman–Crippen MR) is 139 cm³/mol. The first-order valence-electron chi connectivity index (χ1n) is 12.4. The van der Waals surface area contributed by atoms with E-state index in [1.165, 1.54) is 16.9 Å². The van der Waals surface area contributed by atoms with Gasteiger partial charge in [0.15, 0.2) is 6.29 Å². The van der Waals surface area contributed by atoms with Crippen molar-refractivity contribution in [2.45, 2.75) is 63.8 Å². The number of carboxylic acid groups (broad SMARTS) is 1.